The summed E-state index contributed by atoms with van der Waals surface area (Å²) < 4.78 is 7.02. The van der Waals surface area contributed by atoms with Gasteiger partial charge in [-0.3, -0.25) is 4.79 Å². The summed E-state index contributed by atoms with van der Waals surface area (Å²) in [6.07, 6.45) is 0. The van der Waals surface area contributed by atoms with Crippen molar-refractivity contribution in [3.63, 3.8) is 0 Å². The Morgan fingerprint density at radius 2 is 1.79 bits per heavy atom. The molecule has 6 nitrogen and oxygen atoms in total. The van der Waals surface area contributed by atoms with E-state index in [2.05, 4.69) is 10.1 Å². The van der Waals surface area contributed by atoms with Gasteiger partial charge in [0.1, 0.15) is 10.9 Å². The minimum Gasteiger partial charge on any atom is -0.508 e. The molecule has 0 amide bonds. The van der Waals surface area contributed by atoms with Gasteiger partial charge in [0.15, 0.2) is 0 Å². The molecule has 5 aromatic rings. The topological polar surface area (TPSA) is 81.2 Å². The molecule has 33 heavy (non-hydrogen) atoms. The van der Waals surface area contributed by atoms with E-state index in [1.807, 2.05) is 18.2 Å². The van der Waals surface area contributed by atoms with Crippen LogP contribution in [0.3, 0.4) is 0 Å². The van der Waals surface area contributed by atoms with Gasteiger partial charge in [0, 0.05) is 21.0 Å². The van der Waals surface area contributed by atoms with Crippen LogP contribution in [0.1, 0.15) is 21.7 Å². The van der Waals surface area contributed by atoms with Gasteiger partial charge in [-0.05, 0) is 48.0 Å². The third-order valence-corrected chi connectivity index (χ3v) is 6.18. The highest BCUT2D eigenvalue weighted by Crippen LogP contribution is 2.35. The summed E-state index contributed by atoms with van der Waals surface area (Å²) in [6.45, 7) is 0.283. The van der Waals surface area contributed by atoms with Crippen LogP contribution in [0.2, 0.25) is 15.2 Å². The summed E-state index contributed by atoms with van der Waals surface area (Å²) in [5, 5.41) is 15.5. The van der Waals surface area contributed by atoms with E-state index >= 15 is 0 Å². The fourth-order valence-corrected chi connectivity index (χ4v) is 4.43. The molecule has 0 radical (unpaired) electrons. The second-order valence-corrected chi connectivity index (χ2v) is 8.51. The van der Waals surface area contributed by atoms with Gasteiger partial charge in [0.05, 0.1) is 17.6 Å². The molecule has 0 atom stereocenters. The molecule has 0 saturated carbocycles. The molecular weight excluding hydrogens is 485 g/mol. The number of hydrogen-bond donors (Lipinski definition) is 1. The number of carbonyl (C=O) groups is 1. The number of carbonyl (C=O) groups excluding carboxylic acids is 1. The van der Waals surface area contributed by atoms with Gasteiger partial charge in [-0.2, -0.15) is 4.98 Å². The van der Waals surface area contributed by atoms with E-state index in [0.717, 1.165) is 5.56 Å². The third-order valence-electron chi connectivity index (χ3n) is 5.20. The van der Waals surface area contributed by atoms with Crippen LogP contribution in [0.25, 0.3) is 22.4 Å². The molecule has 0 aliphatic rings. The van der Waals surface area contributed by atoms with Crippen LogP contribution in [-0.4, -0.2) is 25.6 Å². The smallest absolute Gasteiger partial charge is 0.258 e. The van der Waals surface area contributed by atoms with E-state index in [4.69, 9.17) is 39.3 Å². The molecular formula is C24H14Cl3N3O3. The molecule has 0 spiro atoms. The fourth-order valence-electron chi connectivity index (χ4n) is 3.63. The van der Waals surface area contributed by atoms with Crippen LogP contribution in [0.4, 0.5) is 0 Å². The van der Waals surface area contributed by atoms with Gasteiger partial charge < -0.3 is 14.2 Å². The van der Waals surface area contributed by atoms with Crippen LogP contribution in [0.5, 0.6) is 5.75 Å². The molecule has 0 saturated heterocycles. The van der Waals surface area contributed by atoms with Gasteiger partial charge in [-0.1, -0.05) is 64.2 Å². The molecule has 1 N–H and O–H groups in total. The molecule has 2 heterocycles. The molecule has 2 aromatic heterocycles. The predicted octanol–water partition coefficient (Wildman–Crippen LogP) is 6.64. The summed E-state index contributed by atoms with van der Waals surface area (Å²) in [5.74, 6) is -0.451. The first-order valence-corrected chi connectivity index (χ1v) is 10.9. The molecule has 0 unspecified atom stereocenters. The van der Waals surface area contributed by atoms with E-state index < -0.39 is 5.78 Å². The maximum atomic E-state index is 13.4. The van der Waals surface area contributed by atoms with Crippen LogP contribution < -0.4 is 0 Å². The molecule has 164 valence electrons. The van der Waals surface area contributed by atoms with Crippen molar-refractivity contribution >= 4 is 51.5 Å². The highest BCUT2D eigenvalue weighted by molar-refractivity contribution is 6.37. The second-order valence-electron chi connectivity index (χ2n) is 7.31. The molecule has 0 aliphatic heterocycles. The van der Waals surface area contributed by atoms with Crippen molar-refractivity contribution in [1.29, 1.82) is 0 Å². The lowest BCUT2D eigenvalue weighted by molar-refractivity contribution is 0.102. The SMILES string of the molecule is O=C(c1noc(-c2ccccc2)n1)c1c(Cl)n(Cc2ccc(Cl)cc2Cl)c2ccc(O)cc12. The number of halogens is 3. The maximum absolute atomic E-state index is 13.4. The standard InChI is InChI=1S/C24H14Cl3N3O3/c25-15-7-6-14(18(26)10-15)12-30-19-9-8-16(31)11-17(19)20(22(30)27)21(32)23-28-24(33-29-23)13-4-2-1-3-5-13/h1-11,31H,12H2. The van der Waals surface area contributed by atoms with Gasteiger partial charge in [0.2, 0.25) is 11.6 Å². The normalized spacial score (nSPS) is 11.2. The van der Waals surface area contributed by atoms with Crippen molar-refractivity contribution in [2.75, 3.05) is 0 Å². The molecule has 3 aromatic carbocycles. The number of benzene rings is 3. The molecule has 9 heteroatoms. The Morgan fingerprint density at radius 1 is 1.00 bits per heavy atom. The number of aromatic hydroxyl groups is 1. The number of phenols is 1. The van der Waals surface area contributed by atoms with E-state index in [1.165, 1.54) is 12.1 Å². The molecule has 0 bridgehead atoms. The minimum atomic E-state index is -0.525. The number of nitrogens with zero attached hydrogens (tertiary/aromatic N) is 3. The molecule has 5 rings (SSSR count). The van der Waals surface area contributed by atoms with Crippen molar-refractivity contribution in [3.8, 4) is 17.2 Å². The second kappa shape index (κ2) is 8.56. The van der Waals surface area contributed by atoms with Crippen LogP contribution in [0, 0.1) is 0 Å². The van der Waals surface area contributed by atoms with Crippen LogP contribution >= 0.6 is 34.8 Å². The Balaban J connectivity index is 1.61. The zero-order valence-electron chi connectivity index (χ0n) is 16.8. The molecule has 0 fully saturated rings. The highest BCUT2D eigenvalue weighted by atomic mass is 35.5. The van der Waals surface area contributed by atoms with Gasteiger partial charge in [0.25, 0.3) is 5.89 Å². The van der Waals surface area contributed by atoms with E-state index in [0.29, 0.717) is 26.5 Å². The number of rotatable bonds is 5. The Hall–Kier alpha value is -3.32. The van der Waals surface area contributed by atoms with Crippen molar-refractivity contribution in [3.05, 3.63) is 98.9 Å². The monoisotopic (exact) mass is 497 g/mol. The van der Waals surface area contributed by atoms with E-state index in [1.54, 1.807) is 41.0 Å². The van der Waals surface area contributed by atoms with E-state index in [9.17, 15) is 9.90 Å². The fraction of sp³-hybridized carbons (Fsp3) is 0.0417. The first kappa shape index (κ1) is 21.5. The Morgan fingerprint density at radius 3 is 2.55 bits per heavy atom. The van der Waals surface area contributed by atoms with Crippen molar-refractivity contribution in [1.82, 2.24) is 14.7 Å². The Kier molecular flexibility index (Phi) is 5.58. The number of aromatic nitrogens is 3. The Bertz CT molecular complexity index is 1510. The van der Waals surface area contributed by atoms with Crippen molar-refractivity contribution in [2.45, 2.75) is 6.54 Å². The Labute approximate surface area is 202 Å². The van der Waals surface area contributed by atoms with Crippen molar-refractivity contribution in [2.24, 2.45) is 0 Å². The third kappa shape index (κ3) is 3.97. The number of phenolic OH excluding ortho intramolecular Hbond substituents is 1. The van der Waals surface area contributed by atoms with Crippen LogP contribution in [-0.2, 0) is 6.54 Å². The minimum absolute atomic E-state index is 0.00650. The van der Waals surface area contributed by atoms with E-state index in [-0.39, 0.29) is 34.7 Å². The largest absolute Gasteiger partial charge is 0.508 e. The summed E-state index contributed by atoms with van der Waals surface area (Å²) in [4.78, 5) is 17.7. The van der Waals surface area contributed by atoms with Gasteiger partial charge >= 0.3 is 0 Å². The summed E-state index contributed by atoms with van der Waals surface area (Å²) >= 11 is 19.1. The number of ketones is 1. The average molecular weight is 499 g/mol. The van der Waals surface area contributed by atoms with Crippen molar-refractivity contribution < 1.29 is 14.4 Å². The summed E-state index contributed by atoms with van der Waals surface area (Å²) in [7, 11) is 0. The lowest BCUT2D eigenvalue weighted by Crippen LogP contribution is -2.06. The first-order chi connectivity index (χ1) is 15.9. The van der Waals surface area contributed by atoms with Gasteiger partial charge in [-0.15, -0.1) is 0 Å². The zero-order chi connectivity index (χ0) is 23.1. The maximum Gasteiger partial charge on any atom is 0.258 e. The zero-order valence-corrected chi connectivity index (χ0v) is 19.1. The lowest BCUT2D eigenvalue weighted by atomic mass is 10.1. The summed E-state index contributed by atoms with van der Waals surface area (Å²) in [6, 6.07) is 19.0. The number of fused-ring (bicyclic) bond motifs is 1. The quantitative estimate of drug-likeness (QED) is 0.275. The highest BCUT2D eigenvalue weighted by Gasteiger charge is 2.27. The molecule has 0 aliphatic carbocycles. The lowest BCUT2D eigenvalue weighted by Gasteiger charge is -2.09. The first-order valence-electron chi connectivity index (χ1n) is 9.81. The van der Waals surface area contributed by atoms with Crippen LogP contribution in [0.15, 0.2) is 71.3 Å². The van der Waals surface area contributed by atoms with Gasteiger partial charge in [-0.25, -0.2) is 0 Å². The predicted molar refractivity (Wildman–Crippen MR) is 127 cm³/mol. The number of hydrogen-bond acceptors (Lipinski definition) is 5. The summed E-state index contributed by atoms with van der Waals surface area (Å²) in [5.41, 5.74) is 2.25. The average Bonchev–Trinajstić information content (AvgIpc) is 3.39.